The Labute approximate surface area is 114 Å². The summed E-state index contributed by atoms with van der Waals surface area (Å²) in [6, 6.07) is 9.45. The second-order valence-corrected chi connectivity index (χ2v) is 6.60. The number of hydrogen-bond donors (Lipinski definition) is 1. The summed E-state index contributed by atoms with van der Waals surface area (Å²) in [6.45, 7) is 3.41. The van der Waals surface area contributed by atoms with Crippen molar-refractivity contribution in [2.24, 2.45) is 5.92 Å². The molecule has 19 heavy (non-hydrogen) atoms. The Kier molecular flexibility index (Phi) is 4.93. The molecule has 1 aliphatic rings. The van der Waals surface area contributed by atoms with Crippen molar-refractivity contribution in [1.82, 2.24) is 9.19 Å². The summed E-state index contributed by atoms with van der Waals surface area (Å²) in [4.78, 5) is 7.29. The lowest BCUT2D eigenvalue weighted by molar-refractivity contribution is 0.0730. The van der Waals surface area contributed by atoms with E-state index in [0.717, 1.165) is 18.4 Å². The van der Waals surface area contributed by atoms with Gasteiger partial charge < -0.3 is 0 Å². The van der Waals surface area contributed by atoms with Gasteiger partial charge in [0.2, 0.25) is 0 Å². The Morgan fingerprint density at radius 1 is 1.37 bits per heavy atom. The van der Waals surface area contributed by atoms with Crippen molar-refractivity contribution in [2.45, 2.75) is 26.4 Å². The van der Waals surface area contributed by atoms with E-state index in [-0.39, 0.29) is 6.61 Å². The minimum atomic E-state index is -3.53. The van der Waals surface area contributed by atoms with Gasteiger partial charge in [0.25, 0.3) is 0 Å². The summed E-state index contributed by atoms with van der Waals surface area (Å²) < 4.78 is 25.5. The average Bonchev–Trinajstić information content (AvgIpc) is 2.40. The summed E-state index contributed by atoms with van der Waals surface area (Å²) >= 11 is 0. The highest BCUT2D eigenvalue weighted by atomic mass is 32.2. The smallest absolute Gasteiger partial charge is 0.281 e. The fourth-order valence-electron chi connectivity index (χ4n) is 2.18. The highest BCUT2D eigenvalue weighted by molar-refractivity contribution is 7.87. The molecule has 0 radical (unpaired) electrons. The van der Waals surface area contributed by atoms with E-state index in [1.54, 1.807) is 0 Å². The first-order valence-electron chi connectivity index (χ1n) is 6.50. The Hall–Kier alpha value is -0.950. The lowest BCUT2D eigenvalue weighted by Crippen LogP contribution is -2.45. The number of nitrogens with zero attached hydrogens (tertiary/aromatic N) is 1. The molecule has 0 amide bonds. The third-order valence-electron chi connectivity index (χ3n) is 3.21. The van der Waals surface area contributed by atoms with Gasteiger partial charge in [-0.25, -0.2) is 0 Å². The van der Waals surface area contributed by atoms with E-state index in [4.69, 9.17) is 4.84 Å². The van der Waals surface area contributed by atoms with Crippen LogP contribution in [-0.2, 0) is 21.7 Å². The topological polar surface area (TPSA) is 58.6 Å². The predicted molar refractivity (Wildman–Crippen MR) is 73.3 cm³/mol. The molecule has 0 spiro atoms. The monoisotopic (exact) mass is 284 g/mol. The zero-order chi connectivity index (χ0) is 13.7. The molecule has 1 aromatic carbocycles. The predicted octanol–water partition coefficient (Wildman–Crippen LogP) is 1.68. The molecule has 0 bridgehead atoms. The molecule has 1 heterocycles. The molecule has 1 saturated heterocycles. The van der Waals surface area contributed by atoms with Gasteiger partial charge in [0, 0.05) is 13.1 Å². The van der Waals surface area contributed by atoms with Crippen LogP contribution in [-0.4, -0.2) is 25.8 Å². The standard InChI is InChI=1S/C13H20N2O3S/c1-12-6-5-9-15(10-12)19(16,17)14-18-11-13-7-3-2-4-8-13/h2-4,7-8,12,14H,5-6,9-11H2,1H3. The maximum Gasteiger partial charge on any atom is 0.301 e. The lowest BCUT2D eigenvalue weighted by Gasteiger charge is -2.29. The van der Waals surface area contributed by atoms with E-state index in [2.05, 4.69) is 11.8 Å². The number of benzene rings is 1. The van der Waals surface area contributed by atoms with E-state index in [0.29, 0.717) is 19.0 Å². The van der Waals surface area contributed by atoms with Gasteiger partial charge in [0.1, 0.15) is 0 Å². The van der Waals surface area contributed by atoms with Crippen LogP contribution in [0.25, 0.3) is 0 Å². The van der Waals surface area contributed by atoms with Crippen molar-refractivity contribution >= 4 is 10.2 Å². The average molecular weight is 284 g/mol. The molecule has 1 aromatic rings. The third kappa shape index (κ3) is 4.28. The Morgan fingerprint density at radius 3 is 2.79 bits per heavy atom. The fourth-order valence-corrected chi connectivity index (χ4v) is 3.31. The van der Waals surface area contributed by atoms with E-state index in [9.17, 15) is 8.42 Å². The molecule has 0 saturated carbocycles. The third-order valence-corrected chi connectivity index (χ3v) is 4.55. The van der Waals surface area contributed by atoms with Crippen LogP contribution in [0.3, 0.4) is 0 Å². The molecule has 106 valence electrons. The molecule has 1 unspecified atom stereocenters. The summed E-state index contributed by atoms with van der Waals surface area (Å²) in [7, 11) is -3.53. The number of rotatable bonds is 5. The van der Waals surface area contributed by atoms with Gasteiger partial charge in [-0.05, 0) is 24.3 Å². The van der Waals surface area contributed by atoms with Crippen LogP contribution in [0.4, 0.5) is 0 Å². The summed E-state index contributed by atoms with van der Waals surface area (Å²) in [5.74, 6) is 0.402. The van der Waals surface area contributed by atoms with Crippen molar-refractivity contribution in [3.8, 4) is 0 Å². The maximum absolute atomic E-state index is 12.0. The van der Waals surface area contributed by atoms with Gasteiger partial charge >= 0.3 is 10.2 Å². The molecule has 1 atom stereocenters. The second kappa shape index (κ2) is 6.47. The highest BCUT2D eigenvalue weighted by Crippen LogP contribution is 2.17. The molecular weight excluding hydrogens is 264 g/mol. The molecule has 0 aliphatic carbocycles. The fraction of sp³-hybridized carbons (Fsp3) is 0.538. The molecule has 0 aromatic heterocycles. The molecule has 1 N–H and O–H groups in total. The Morgan fingerprint density at radius 2 is 2.11 bits per heavy atom. The Bertz CT molecular complexity index is 490. The quantitative estimate of drug-likeness (QED) is 0.837. The zero-order valence-electron chi connectivity index (χ0n) is 11.1. The van der Waals surface area contributed by atoms with Crippen LogP contribution in [0.15, 0.2) is 30.3 Å². The van der Waals surface area contributed by atoms with Crippen molar-refractivity contribution in [1.29, 1.82) is 0 Å². The van der Waals surface area contributed by atoms with E-state index in [1.807, 2.05) is 30.3 Å². The van der Waals surface area contributed by atoms with Gasteiger partial charge in [0.15, 0.2) is 0 Å². The van der Waals surface area contributed by atoms with Gasteiger partial charge in [-0.2, -0.15) is 12.7 Å². The first-order chi connectivity index (χ1) is 9.08. The minimum absolute atomic E-state index is 0.226. The van der Waals surface area contributed by atoms with Crippen LogP contribution in [0.2, 0.25) is 0 Å². The molecule has 5 nitrogen and oxygen atoms in total. The van der Waals surface area contributed by atoms with Crippen LogP contribution in [0.1, 0.15) is 25.3 Å². The van der Waals surface area contributed by atoms with Crippen LogP contribution < -0.4 is 4.89 Å². The van der Waals surface area contributed by atoms with Gasteiger partial charge in [-0.3, -0.25) is 4.84 Å². The number of nitrogens with one attached hydrogen (secondary N) is 1. The summed E-state index contributed by atoms with van der Waals surface area (Å²) in [6.07, 6.45) is 1.98. The first kappa shape index (κ1) is 14.5. The molecule has 1 aliphatic heterocycles. The van der Waals surface area contributed by atoms with Crippen molar-refractivity contribution < 1.29 is 13.3 Å². The molecule has 1 fully saturated rings. The van der Waals surface area contributed by atoms with E-state index >= 15 is 0 Å². The van der Waals surface area contributed by atoms with Crippen molar-refractivity contribution in [2.75, 3.05) is 13.1 Å². The van der Waals surface area contributed by atoms with Crippen molar-refractivity contribution in [3.63, 3.8) is 0 Å². The summed E-state index contributed by atoms with van der Waals surface area (Å²) in [5, 5.41) is 0. The molecular formula is C13H20N2O3S. The van der Waals surface area contributed by atoms with Gasteiger partial charge in [-0.15, -0.1) is 0 Å². The number of hydrogen-bond acceptors (Lipinski definition) is 3. The summed E-state index contributed by atoms with van der Waals surface area (Å²) in [5.41, 5.74) is 0.928. The van der Waals surface area contributed by atoms with Crippen molar-refractivity contribution in [3.05, 3.63) is 35.9 Å². The lowest BCUT2D eigenvalue weighted by atomic mass is 10.0. The second-order valence-electron chi connectivity index (χ2n) is 4.97. The zero-order valence-corrected chi connectivity index (χ0v) is 11.9. The maximum atomic E-state index is 12.0. The van der Waals surface area contributed by atoms with E-state index < -0.39 is 10.2 Å². The highest BCUT2D eigenvalue weighted by Gasteiger charge is 2.26. The van der Waals surface area contributed by atoms with Crippen LogP contribution in [0.5, 0.6) is 0 Å². The van der Waals surface area contributed by atoms with Crippen LogP contribution >= 0.6 is 0 Å². The van der Waals surface area contributed by atoms with Gasteiger partial charge in [0.05, 0.1) is 6.61 Å². The largest absolute Gasteiger partial charge is 0.301 e. The van der Waals surface area contributed by atoms with E-state index in [1.165, 1.54) is 4.31 Å². The molecule has 2 rings (SSSR count). The normalized spacial score (nSPS) is 21.4. The SMILES string of the molecule is CC1CCCN(S(=O)(=O)NOCc2ccccc2)C1. The molecule has 6 heteroatoms. The van der Waals surface area contributed by atoms with Crippen LogP contribution in [0, 0.1) is 5.92 Å². The first-order valence-corrected chi connectivity index (χ1v) is 7.94. The van der Waals surface area contributed by atoms with Gasteiger partial charge in [-0.1, -0.05) is 42.1 Å². The Balaban J connectivity index is 1.84. The number of piperidine rings is 1. The minimum Gasteiger partial charge on any atom is -0.281 e.